The van der Waals surface area contributed by atoms with Crippen LogP contribution >= 0.6 is 11.6 Å². The third-order valence-corrected chi connectivity index (χ3v) is 4.95. The summed E-state index contributed by atoms with van der Waals surface area (Å²) in [4.78, 5) is 17.8. The summed E-state index contributed by atoms with van der Waals surface area (Å²) in [6.45, 7) is 1.76. The van der Waals surface area contributed by atoms with Gasteiger partial charge in [0.25, 0.3) is 11.6 Å². The molecule has 4 rings (SSSR count). The zero-order valence-corrected chi connectivity index (χ0v) is 17.3. The summed E-state index contributed by atoms with van der Waals surface area (Å²) >= 11 is 6.16. The largest absolute Gasteiger partial charge is 0.495 e. The van der Waals surface area contributed by atoms with Crippen LogP contribution in [0, 0.1) is 6.92 Å². The van der Waals surface area contributed by atoms with Gasteiger partial charge in [-0.3, -0.25) is 4.79 Å². The summed E-state index contributed by atoms with van der Waals surface area (Å²) in [5.41, 5.74) is 3.12. The highest BCUT2D eigenvalue weighted by Gasteiger charge is 2.21. The van der Waals surface area contributed by atoms with Crippen LogP contribution in [-0.4, -0.2) is 30.3 Å². The first-order valence-electron chi connectivity index (χ1n) is 9.07. The van der Waals surface area contributed by atoms with Crippen LogP contribution in [0.2, 0.25) is 5.02 Å². The van der Waals surface area contributed by atoms with Gasteiger partial charge >= 0.3 is 0 Å². The average molecular weight is 424 g/mol. The first kappa shape index (κ1) is 19.7. The lowest BCUT2D eigenvalue weighted by molar-refractivity contribution is 0.102. The van der Waals surface area contributed by atoms with E-state index in [-0.39, 0.29) is 5.91 Å². The number of nitrogens with one attached hydrogen (secondary N) is 1. The maximum atomic E-state index is 13.3. The number of rotatable bonds is 5. The van der Waals surface area contributed by atoms with E-state index in [1.54, 1.807) is 25.1 Å². The quantitative estimate of drug-likeness (QED) is 0.479. The molecular weight excluding hydrogens is 406 g/mol. The summed E-state index contributed by atoms with van der Waals surface area (Å²) in [5.74, 6) is 0.456. The zero-order valence-electron chi connectivity index (χ0n) is 16.5. The maximum Gasteiger partial charge on any atom is 0.259 e. The lowest BCUT2D eigenvalue weighted by Crippen LogP contribution is -2.14. The highest BCUT2D eigenvalue weighted by atomic mass is 35.5. The van der Waals surface area contributed by atoms with Crippen molar-refractivity contribution in [1.29, 1.82) is 0 Å². The van der Waals surface area contributed by atoms with E-state index in [1.807, 2.05) is 30.3 Å². The number of hydrogen-bond donors (Lipinski definition) is 1. The Labute approximate surface area is 177 Å². The second-order valence-electron chi connectivity index (χ2n) is 6.51. The smallest absolute Gasteiger partial charge is 0.259 e. The van der Waals surface area contributed by atoms with Gasteiger partial charge in [0.05, 0.1) is 47.3 Å². The van der Waals surface area contributed by atoms with Gasteiger partial charge in [0.1, 0.15) is 11.5 Å². The number of aromatic nitrogens is 2. The Balaban J connectivity index is 1.81. The van der Waals surface area contributed by atoms with Crippen LogP contribution in [0.15, 0.2) is 53.1 Å². The molecule has 0 radical (unpaired) electrons. The molecule has 0 saturated carbocycles. The van der Waals surface area contributed by atoms with E-state index in [4.69, 9.17) is 25.6 Å². The van der Waals surface area contributed by atoms with Crippen molar-refractivity contribution in [3.63, 3.8) is 0 Å². The van der Waals surface area contributed by atoms with Crippen molar-refractivity contribution in [2.45, 2.75) is 6.92 Å². The Morgan fingerprint density at radius 1 is 1.07 bits per heavy atom. The van der Waals surface area contributed by atoms with Crippen LogP contribution in [-0.2, 0) is 0 Å². The number of halogens is 1. The van der Waals surface area contributed by atoms with Crippen LogP contribution in [0.5, 0.6) is 11.5 Å². The predicted octanol–water partition coefficient (Wildman–Crippen LogP) is 5.12. The molecular formula is C22H18ClN3O4. The van der Waals surface area contributed by atoms with E-state index in [9.17, 15) is 4.79 Å². The Morgan fingerprint density at radius 2 is 1.80 bits per heavy atom. The molecule has 152 valence electrons. The van der Waals surface area contributed by atoms with Crippen molar-refractivity contribution in [2.75, 3.05) is 19.5 Å². The van der Waals surface area contributed by atoms with Crippen LogP contribution in [0.1, 0.15) is 16.1 Å². The number of fused-ring (bicyclic) bond motifs is 1. The molecule has 0 spiro atoms. The molecule has 4 aromatic rings. The van der Waals surface area contributed by atoms with Crippen molar-refractivity contribution < 1.29 is 18.8 Å². The van der Waals surface area contributed by atoms with Crippen LogP contribution in [0.3, 0.4) is 0 Å². The van der Waals surface area contributed by atoms with E-state index < -0.39 is 0 Å². The maximum absolute atomic E-state index is 13.3. The highest BCUT2D eigenvalue weighted by Crippen LogP contribution is 2.36. The van der Waals surface area contributed by atoms with Gasteiger partial charge in [-0.15, -0.1) is 0 Å². The number of anilines is 1. The molecule has 0 fully saturated rings. The van der Waals surface area contributed by atoms with E-state index in [2.05, 4.69) is 15.5 Å². The SMILES string of the molecule is COc1cc(NC(=O)c2cc(-c3ccccc3)nc3onc(C)c23)c(OC)cc1Cl. The van der Waals surface area contributed by atoms with Gasteiger partial charge in [-0.05, 0) is 13.0 Å². The number of ether oxygens (including phenoxy) is 2. The third-order valence-electron chi connectivity index (χ3n) is 4.65. The van der Waals surface area contributed by atoms with Gasteiger partial charge in [0.15, 0.2) is 0 Å². The Morgan fingerprint density at radius 3 is 2.50 bits per heavy atom. The molecule has 0 bridgehead atoms. The standard InChI is InChI=1S/C22H18ClN3O4/c1-12-20-14(9-16(25-22(20)30-26-12)13-7-5-4-6-8-13)21(27)24-17-11-18(28-2)15(23)10-19(17)29-3/h4-11H,1-3H3,(H,24,27). The first-order chi connectivity index (χ1) is 14.5. The fourth-order valence-corrected chi connectivity index (χ4v) is 3.41. The average Bonchev–Trinajstić information content (AvgIpc) is 3.15. The summed E-state index contributed by atoms with van der Waals surface area (Å²) in [5, 5.41) is 7.76. The minimum absolute atomic E-state index is 0.291. The molecule has 1 amide bonds. The van der Waals surface area contributed by atoms with Crippen molar-refractivity contribution in [3.05, 3.63) is 64.8 Å². The van der Waals surface area contributed by atoms with Gasteiger partial charge < -0.3 is 19.3 Å². The number of aryl methyl sites for hydroxylation is 1. The minimum Gasteiger partial charge on any atom is -0.495 e. The molecule has 30 heavy (non-hydrogen) atoms. The van der Waals surface area contributed by atoms with Gasteiger partial charge in [-0.1, -0.05) is 47.1 Å². The number of pyridine rings is 1. The van der Waals surface area contributed by atoms with Crippen molar-refractivity contribution in [3.8, 4) is 22.8 Å². The lowest BCUT2D eigenvalue weighted by Gasteiger charge is -2.14. The Hall–Kier alpha value is -3.58. The second kappa shape index (κ2) is 8.04. The number of benzene rings is 2. The van der Waals surface area contributed by atoms with Gasteiger partial charge in [0, 0.05) is 17.7 Å². The fourth-order valence-electron chi connectivity index (χ4n) is 3.18. The molecule has 0 unspecified atom stereocenters. The summed E-state index contributed by atoms with van der Waals surface area (Å²) in [7, 11) is 2.99. The molecule has 0 aliphatic carbocycles. The van der Waals surface area contributed by atoms with E-state index >= 15 is 0 Å². The summed E-state index contributed by atoms with van der Waals surface area (Å²) in [6.07, 6.45) is 0. The topological polar surface area (TPSA) is 86.5 Å². The molecule has 1 N–H and O–H groups in total. The predicted molar refractivity (Wildman–Crippen MR) is 114 cm³/mol. The normalized spacial score (nSPS) is 10.8. The van der Waals surface area contributed by atoms with Crippen LogP contribution < -0.4 is 14.8 Å². The van der Waals surface area contributed by atoms with Crippen molar-refractivity contribution >= 4 is 34.3 Å². The van der Waals surface area contributed by atoms with Gasteiger partial charge in [-0.2, -0.15) is 0 Å². The third kappa shape index (κ3) is 3.55. The highest BCUT2D eigenvalue weighted by molar-refractivity contribution is 6.32. The summed E-state index contributed by atoms with van der Waals surface area (Å²) in [6, 6.07) is 14.4. The molecule has 0 atom stereocenters. The fraction of sp³-hybridized carbons (Fsp3) is 0.136. The van der Waals surface area contributed by atoms with Crippen molar-refractivity contribution in [2.24, 2.45) is 0 Å². The molecule has 2 heterocycles. The van der Waals surface area contributed by atoms with E-state index in [1.165, 1.54) is 14.2 Å². The van der Waals surface area contributed by atoms with Crippen LogP contribution in [0.25, 0.3) is 22.4 Å². The number of amides is 1. The number of hydrogen-bond acceptors (Lipinski definition) is 6. The molecule has 2 aromatic heterocycles. The Kier molecular flexibility index (Phi) is 5.29. The molecule has 0 saturated heterocycles. The summed E-state index contributed by atoms with van der Waals surface area (Å²) < 4.78 is 16.0. The number of carbonyl (C=O) groups excluding carboxylic acids is 1. The number of carbonyl (C=O) groups is 1. The minimum atomic E-state index is -0.367. The number of nitrogens with zero attached hydrogens (tertiary/aromatic N) is 2. The first-order valence-corrected chi connectivity index (χ1v) is 9.45. The van der Waals surface area contributed by atoms with E-state index in [0.717, 1.165) is 5.56 Å². The monoisotopic (exact) mass is 423 g/mol. The molecule has 2 aromatic carbocycles. The molecule has 8 heteroatoms. The van der Waals surface area contributed by atoms with E-state index in [0.29, 0.717) is 50.3 Å². The van der Waals surface area contributed by atoms with Crippen LogP contribution in [0.4, 0.5) is 5.69 Å². The van der Waals surface area contributed by atoms with Gasteiger partial charge in [0.2, 0.25) is 0 Å². The Bertz CT molecular complexity index is 1240. The lowest BCUT2D eigenvalue weighted by atomic mass is 10.0. The van der Waals surface area contributed by atoms with Crippen molar-refractivity contribution in [1.82, 2.24) is 10.1 Å². The van der Waals surface area contributed by atoms with Gasteiger partial charge in [-0.25, -0.2) is 4.98 Å². The zero-order chi connectivity index (χ0) is 21.3. The molecule has 7 nitrogen and oxygen atoms in total. The molecule has 0 aliphatic heterocycles. The second-order valence-corrected chi connectivity index (χ2v) is 6.92. The molecule has 0 aliphatic rings. The number of methoxy groups -OCH3 is 2.